The Morgan fingerprint density at radius 2 is 2.28 bits per heavy atom. The van der Waals surface area contributed by atoms with Gasteiger partial charge in [0.2, 0.25) is 5.28 Å². The summed E-state index contributed by atoms with van der Waals surface area (Å²) in [4.78, 5) is 20.8. The van der Waals surface area contributed by atoms with Crippen molar-refractivity contribution in [3.8, 4) is 0 Å². The molecule has 18 heavy (non-hydrogen) atoms. The molecule has 0 radical (unpaired) electrons. The first-order chi connectivity index (χ1) is 8.52. The van der Waals surface area contributed by atoms with Crippen molar-refractivity contribution in [2.45, 2.75) is 19.1 Å². The number of hydrogen-bond acceptors (Lipinski definition) is 5. The molecule has 0 saturated carbocycles. The zero-order valence-electron chi connectivity index (χ0n) is 9.76. The van der Waals surface area contributed by atoms with Gasteiger partial charge < -0.3 is 9.47 Å². The highest BCUT2D eigenvalue weighted by molar-refractivity contribution is 6.32. The molecular formula is C10H11Cl2N3O3. The first kappa shape index (κ1) is 13.3. The van der Waals surface area contributed by atoms with Crippen molar-refractivity contribution in [1.82, 2.24) is 9.97 Å². The van der Waals surface area contributed by atoms with Crippen molar-refractivity contribution in [3.63, 3.8) is 0 Å². The van der Waals surface area contributed by atoms with Gasteiger partial charge >= 0.3 is 6.09 Å². The fourth-order valence-electron chi connectivity index (χ4n) is 1.70. The summed E-state index contributed by atoms with van der Waals surface area (Å²) < 4.78 is 10.2. The molecule has 1 unspecified atom stereocenters. The van der Waals surface area contributed by atoms with Crippen LogP contribution in [0.5, 0.6) is 0 Å². The predicted octanol–water partition coefficient (Wildman–Crippen LogP) is 2.14. The topological polar surface area (TPSA) is 64.6 Å². The molecule has 0 bridgehead atoms. The van der Waals surface area contributed by atoms with Gasteiger partial charge in [0.1, 0.15) is 23.6 Å². The maximum absolute atomic E-state index is 11.7. The van der Waals surface area contributed by atoms with E-state index >= 15 is 0 Å². The van der Waals surface area contributed by atoms with E-state index in [0.717, 1.165) is 0 Å². The maximum Gasteiger partial charge on any atom is 0.416 e. The average molecular weight is 292 g/mol. The number of hydrogen-bond donors (Lipinski definition) is 0. The molecule has 1 fully saturated rings. The van der Waals surface area contributed by atoms with Crippen LogP contribution in [0.3, 0.4) is 0 Å². The van der Waals surface area contributed by atoms with E-state index in [-0.39, 0.29) is 29.2 Å². The van der Waals surface area contributed by atoms with E-state index in [1.54, 1.807) is 7.11 Å². The summed E-state index contributed by atoms with van der Waals surface area (Å²) in [6.45, 7) is 2.07. The van der Waals surface area contributed by atoms with Crippen molar-refractivity contribution in [2.75, 3.05) is 18.6 Å². The lowest BCUT2D eigenvalue weighted by Crippen LogP contribution is -2.42. The monoisotopic (exact) mass is 291 g/mol. The van der Waals surface area contributed by atoms with E-state index in [0.29, 0.717) is 5.82 Å². The third-order valence-corrected chi connectivity index (χ3v) is 3.08. The normalized spacial score (nSPS) is 21.0. The zero-order chi connectivity index (χ0) is 13.3. The van der Waals surface area contributed by atoms with Gasteiger partial charge in [-0.2, -0.15) is 4.98 Å². The van der Waals surface area contributed by atoms with Crippen LogP contribution in [0.1, 0.15) is 6.92 Å². The number of anilines is 1. The van der Waals surface area contributed by atoms with Gasteiger partial charge in [-0.1, -0.05) is 11.6 Å². The molecule has 0 aromatic carbocycles. The summed E-state index contributed by atoms with van der Waals surface area (Å²) in [6.07, 6.45) is -0.710. The van der Waals surface area contributed by atoms with E-state index in [2.05, 4.69) is 9.97 Å². The molecule has 1 aromatic rings. The number of carbonyl (C=O) groups excluding carboxylic acids is 1. The van der Waals surface area contributed by atoms with Gasteiger partial charge in [-0.15, -0.1) is 0 Å². The first-order valence-electron chi connectivity index (χ1n) is 5.21. The third kappa shape index (κ3) is 2.50. The lowest BCUT2D eigenvalue weighted by molar-refractivity contribution is 0.0881. The Morgan fingerprint density at radius 1 is 1.56 bits per heavy atom. The smallest absolute Gasteiger partial charge is 0.416 e. The average Bonchev–Trinajstić information content (AvgIpc) is 2.69. The summed E-state index contributed by atoms with van der Waals surface area (Å²) in [6, 6.07) is 1.18. The Kier molecular flexibility index (Phi) is 3.89. The second-order valence-electron chi connectivity index (χ2n) is 3.77. The summed E-state index contributed by atoms with van der Waals surface area (Å²) in [5.74, 6) is 0.302. The summed E-state index contributed by atoms with van der Waals surface area (Å²) in [5, 5.41) is 0.134. The fraction of sp³-hybridized carbons (Fsp3) is 0.500. The molecule has 2 heterocycles. The van der Waals surface area contributed by atoms with Crippen molar-refractivity contribution in [2.24, 2.45) is 0 Å². The van der Waals surface area contributed by atoms with Crippen LogP contribution in [-0.2, 0) is 9.47 Å². The Balaban J connectivity index is 2.36. The molecule has 1 saturated heterocycles. The van der Waals surface area contributed by atoms with Gasteiger partial charge in [0.05, 0.1) is 6.10 Å². The maximum atomic E-state index is 11.7. The number of halogens is 2. The highest BCUT2D eigenvalue weighted by Crippen LogP contribution is 2.26. The summed E-state index contributed by atoms with van der Waals surface area (Å²) in [7, 11) is 1.56. The third-order valence-electron chi connectivity index (χ3n) is 2.72. The molecule has 1 aromatic heterocycles. The Hall–Kier alpha value is -1.11. The minimum atomic E-state index is -0.505. The van der Waals surface area contributed by atoms with E-state index in [4.69, 9.17) is 32.7 Å². The van der Waals surface area contributed by atoms with Crippen LogP contribution >= 0.6 is 23.2 Å². The summed E-state index contributed by atoms with van der Waals surface area (Å²) >= 11 is 11.5. The van der Waals surface area contributed by atoms with Crippen molar-refractivity contribution >= 4 is 35.1 Å². The highest BCUT2D eigenvalue weighted by atomic mass is 35.5. The molecule has 1 amide bonds. The predicted molar refractivity (Wildman–Crippen MR) is 66.1 cm³/mol. The number of rotatable bonds is 3. The number of methoxy groups -OCH3 is 1. The van der Waals surface area contributed by atoms with E-state index in [1.165, 1.54) is 11.0 Å². The minimum absolute atomic E-state index is 0.0268. The standard InChI is InChI=1S/C10H11Cl2N3O3/c1-5(17-2)6-4-18-10(16)15(6)8-3-7(11)13-9(12)14-8/h3,5-6H,4H2,1-2H3/t5-,6?/m1/s1. The van der Waals surface area contributed by atoms with E-state index < -0.39 is 6.09 Å². The quantitative estimate of drug-likeness (QED) is 0.631. The Bertz CT molecular complexity index is 451. The number of amides is 1. The second-order valence-corrected chi connectivity index (χ2v) is 4.50. The number of cyclic esters (lactones) is 1. The van der Waals surface area contributed by atoms with Gasteiger partial charge in [0, 0.05) is 13.2 Å². The fourth-order valence-corrected chi connectivity index (χ4v) is 2.10. The van der Waals surface area contributed by atoms with Gasteiger partial charge in [-0.25, -0.2) is 9.78 Å². The number of ether oxygens (including phenoxy) is 2. The molecule has 2 rings (SSSR count). The second kappa shape index (κ2) is 5.26. The van der Waals surface area contributed by atoms with Crippen molar-refractivity contribution in [1.29, 1.82) is 0 Å². The van der Waals surface area contributed by atoms with Crippen LogP contribution in [0.15, 0.2) is 6.07 Å². The van der Waals surface area contributed by atoms with Crippen LogP contribution in [0, 0.1) is 0 Å². The molecule has 2 atom stereocenters. The highest BCUT2D eigenvalue weighted by Gasteiger charge is 2.39. The van der Waals surface area contributed by atoms with Crippen LogP contribution < -0.4 is 4.90 Å². The van der Waals surface area contributed by atoms with Gasteiger partial charge in [-0.3, -0.25) is 4.90 Å². The van der Waals surface area contributed by atoms with E-state index in [1.807, 2.05) is 6.92 Å². The number of carbonyl (C=O) groups is 1. The lowest BCUT2D eigenvalue weighted by Gasteiger charge is -2.24. The molecule has 0 spiro atoms. The van der Waals surface area contributed by atoms with Gasteiger partial charge in [0.15, 0.2) is 0 Å². The molecule has 98 valence electrons. The largest absolute Gasteiger partial charge is 0.447 e. The van der Waals surface area contributed by atoms with Gasteiger partial charge in [0.25, 0.3) is 0 Å². The lowest BCUT2D eigenvalue weighted by atomic mass is 10.2. The Morgan fingerprint density at radius 3 is 2.89 bits per heavy atom. The van der Waals surface area contributed by atoms with Crippen LogP contribution in [0.25, 0.3) is 0 Å². The van der Waals surface area contributed by atoms with Crippen LogP contribution in [0.2, 0.25) is 10.4 Å². The molecule has 0 aliphatic carbocycles. The van der Waals surface area contributed by atoms with Gasteiger partial charge in [-0.05, 0) is 18.5 Å². The van der Waals surface area contributed by atoms with E-state index in [9.17, 15) is 4.79 Å². The molecule has 1 aliphatic heterocycles. The summed E-state index contributed by atoms with van der Waals surface area (Å²) in [5.41, 5.74) is 0. The Labute approximate surface area is 114 Å². The zero-order valence-corrected chi connectivity index (χ0v) is 11.3. The number of nitrogens with zero attached hydrogens (tertiary/aromatic N) is 3. The number of aromatic nitrogens is 2. The molecular weight excluding hydrogens is 281 g/mol. The molecule has 6 nitrogen and oxygen atoms in total. The first-order valence-corrected chi connectivity index (χ1v) is 5.97. The van der Waals surface area contributed by atoms with Crippen LogP contribution in [-0.4, -0.2) is 41.9 Å². The van der Waals surface area contributed by atoms with Crippen molar-refractivity contribution < 1.29 is 14.3 Å². The molecule has 0 N–H and O–H groups in total. The molecule has 1 aliphatic rings. The van der Waals surface area contributed by atoms with Crippen LogP contribution in [0.4, 0.5) is 10.6 Å². The molecule has 8 heteroatoms. The minimum Gasteiger partial charge on any atom is -0.447 e. The van der Waals surface area contributed by atoms with Crippen molar-refractivity contribution in [3.05, 3.63) is 16.5 Å². The SMILES string of the molecule is CO[C@H](C)C1COC(=O)N1c1cc(Cl)nc(Cl)n1.